The molecule has 0 heterocycles. The van der Waals surface area contributed by atoms with E-state index in [4.69, 9.17) is 0 Å². The number of aliphatic carboxylic acids is 1. The lowest BCUT2D eigenvalue weighted by atomic mass is 10.0. The van der Waals surface area contributed by atoms with Gasteiger partial charge in [-0.25, -0.2) is 0 Å². The lowest BCUT2D eigenvalue weighted by molar-refractivity contribution is -0.139. The third kappa shape index (κ3) is 3.07. The monoisotopic (exact) mass is 221 g/mol. The van der Waals surface area contributed by atoms with Crippen LogP contribution in [0.25, 0.3) is 0 Å². The van der Waals surface area contributed by atoms with Crippen LogP contribution in [-0.2, 0) is 4.79 Å². The maximum atomic E-state index is 11.2. The first-order valence-electron chi connectivity index (χ1n) is 5.48. The zero-order valence-corrected chi connectivity index (χ0v) is 10.2. The van der Waals surface area contributed by atoms with Gasteiger partial charge in [0, 0.05) is 6.04 Å². The fourth-order valence-corrected chi connectivity index (χ4v) is 1.59. The van der Waals surface area contributed by atoms with Crippen LogP contribution >= 0.6 is 0 Å². The highest BCUT2D eigenvalue weighted by Gasteiger charge is 2.20. The second-order valence-electron chi connectivity index (χ2n) is 4.44. The molecule has 1 atom stereocenters. The molecule has 3 heteroatoms. The molecule has 1 aromatic rings. The summed E-state index contributed by atoms with van der Waals surface area (Å²) in [6.07, 6.45) is 0. The summed E-state index contributed by atoms with van der Waals surface area (Å²) < 4.78 is 0. The molecular formula is C13H19NO2. The molecule has 0 aromatic heterocycles. The van der Waals surface area contributed by atoms with Gasteiger partial charge in [-0.15, -0.1) is 0 Å². The van der Waals surface area contributed by atoms with Gasteiger partial charge in [-0.3, -0.25) is 10.1 Å². The topological polar surface area (TPSA) is 49.3 Å². The highest BCUT2D eigenvalue weighted by molar-refractivity contribution is 5.75. The molecule has 0 fully saturated rings. The summed E-state index contributed by atoms with van der Waals surface area (Å²) in [7, 11) is 0. The van der Waals surface area contributed by atoms with Gasteiger partial charge >= 0.3 is 5.97 Å². The van der Waals surface area contributed by atoms with Gasteiger partial charge in [0.05, 0.1) is 0 Å². The van der Waals surface area contributed by atoms with Crippen LogP contribution in [0.4, 0.5) is 0 Å². The molecule has 0 aliphatic heterocycles. The summed E-state index contributed by atoms with van der Waals surface area (Å²) in [5.41, 5.74) is 3.11. The molecule has 2 N–H and O–H groups in total. The van der Waals surface area contributed by atoms with E-state index in [-0.39, 0.29) is 6.04 Å². The minimum atomic E-state index is -0.836. The molecule has 0 saturated carbocycles. The molecule has 0 amide bonds. The van der Waals surface area contributed by atoms with Crippen LogP contribution in [0.3, 0.4) is 0 Å². The Morgan fingerprint density at radius 1 is 1.25 bits per heavy atom. The molecule has 0 spiro atoms. The van der Waals surface area contributed by atoms with Crippen LogP contribution in [0.5, 0.6) is 0 Å². The fraction of sp³-hybridized carbons (Fsp3) is 0.462. The minimum absolute atomic E-state index is 0.141. The van der Waals surface area contributed by atoms with Gasteiger partial charge in [0.15, 0.2) is 0 Å². The molecule has 0 bridgehead atoms. The summed E-state index contributed by atoms with van der Waals surface area (Å²) in [5, 5.41) is 12.2. The van der Waals surface area contributed by atoms with E-state index in [0.29, 0.717) is 0 Å². The molecule has 88 valence electrons. The van der Waals surface area contributed by atoms with E-state index in [1.54, 1.807) is 0 Å². The van der Waals surface area contributed by atoms with Crippen molar-refractivity contribution >= 4 is 5.97 Å². The number of aryl methyl sites for hydroxylation is 2. The van der Waals surface area contributed by atoms with Gasteiger partial charge in [-0.2, -0.15) is 0 Å². The first-order chi connectivity index (χ1) is 7.41. The number of carboxylic acids is 1. The molecule has 0 radical (unpaired) electrons. The van der Waals surface area contributed by atoms with E-state index in [9.17, 15) is 9.90 Å². The third-order valence-corrected chi connectivity index (χ3v) is 2.61. The minimum Gasteiger partial charge on any atom is -0.480 e. The molecule has 0 aliphatic carbocycles. The largest absolute Gasteiger partial charge is 0.480 e. The van der Waals surface area contributed by atoms with Crippen molar-refractivity contribution in [2.45, 2.75) is 39.8 Å². The Hall–Kier alpha value is -1.35. The highest BCUT2D eigenvalue weighted by Crippen LogP contribution is 2.18. The van der Waals surface area contributed by atoms with Crippen molar-refractivity contribution in [2.75, 3.05) is 0 Å². The van der Waals surface area contributed by atoms with Crippen LogP contribution in [0.2, 0.25) is 0 Å². The number of nitrogens with one attached hydrogen (secondary N) is 1. The Kier molecular flexibility index (Phi) is 4.07. The van der Waals surface area contributed by atoms with E-state index in [2.05, 4.69) is 5.32 Å². The Bertz CT molecular complexity index is 386. The van der Waals surface area contributed by atoms with Gasteiger partial charge in [0.25, 0.3) is 0 Å². The van der Waals surface area contributed by atoms with Crippen molar-refractivity contribution in [1.29, 1.82) is 0 Å². The van der Waals surface area contributed by atoms with Crippen LogP contribution in [0.1, 0.15) is 36.6 Å². The second kappa shape index (κ2) is 5.12. The Balaban J connectivity index is 3.01. The van der Waals surface area contributed by atoms with Crippen LogP contribution in [0.15, 0.2) is 18.2 Å². The fourth-order valence-electron chi connectivity index (χ4n) is 1.59. The smallest absolute Gasteiger partial charge is 0.325 e. The number of rotatable bonds is 4. The molecule has 0 aliphatic rings. The zero-order chi connectivity index (χ0) is 12.3. The summed E-state index contributed by atoms with van der Waals surface area (Å²) in [6.45, 7) is 7.89. The number of carbonyl (C=O) groups is 1. The van der Waals surface area contributed by atoms with E-state index in [1.807, 2.05) is 45.9 Å². The lowest BCUT2D eigenvalue weighted by Gasteiger charge is -2.18. The highest BCUT2D eigenvalue weighted by atomic mass is 16.4. The lowest BCUT2D eigenvalue weighted by Crippen LogP contribution is -2.33. The predicted molar refractivity (Wildman–Crippen MR) is 64.6 cm³/mol. The van der Waals surface area contributed by atoms with Crippen molar-refractivity contribution in [3.63, 3.8) is 0 Å². The summed E-state index contributed by atoms with van der Waals surface area (Å²) in [6, 6.07) is 5.28. The van der Waals surface area contributed by atoms with Gasteiger partial charge in [-0.1, -0.05) is 18.2 Å². The first-order valence-corrected chi connectivity index (χ1v) is 5.48. The van der Waals surface area contributed by atoms with Crippen molar-refractivity contribution in [3.05, 3.63) is 34.9 Å². The number of benzene rings is 1. The molecule has 3 nitrogen and oxygen atoms in total. The standard InChI is InChI=1S/C13H19NO2/c1-8(2)14-12(13(15)16)11-6-5-9(3)10(4)7-11/h5-8,12,14H,1-4H3,(H,15,16). The van der Waals surface area contributed by atoms with Gasteiger partial charge in [-0.05, 0) is 44.4 Å². The molecule has 1 aromatic carbocycles. The van der Waals surface area contributed by atoms with Gasteiger partial charge in [0.1, 0.15) is 6.04 Å². The maximum Gasteiger partial charge on any atom is 0.325 e. The molecule has 16 heavy (non-hydrogen) atoms. The first kappa shape index (κ1) is 12.7. The van der Waals surface area contributed by atoms with Crippen molar-refractivity contribution in [3.8, 4) is 0 Å². The van der Waals surface area contributed by atoms with E-state index in [1.165, 1.54) is 5.56 Å². The summed E-state index contributed by atoms with van der Waals surface area (Å²) in [4.78, 5) is 11.2. The van der Waals surface area contributed by atoms with Crippen LogP contribution < -0.4 is 5.32 Å². The Morgan fingerprint density at radius 3 is 2.31 bits per heavy atom. The van der Waals surface area contributed by atoms with Crippen molar-refractivity contribution in [1.82, 2.24) is 5.32 Å². The number of carboxylic acid groups (broad SMARTS) is 1. The maximum absolute atomic E-state index is 11.2. The van der Waals surface area contributed by atoms with Crippen molar-refractivity contribution < 1.29 is 9.90 Å². The predicted octanol–water partition coefficient (Wildman–Crippen LogP) is 2.43. The Morgan fingerprint density at radius 2 is 1.88 bits per heavy atom. The number of hydrogen-bond donors (Lipinski definition) is 2. The molecule has 1 unspecified atom stereocenters. The van der Waals surface area contributed by atoms with Crippen LogP contribution in [0, 0.1) is 13.8 Å². The number of hydrogen-bond acceptors (Lipinski definition) is 2. The Labute approximate surface area is 96.5 Å². The van der Waals surface area contributed by atoms with E-state index >= 15 is 0 Å². The summed E-state index contributed by atoms with van der Waals surface area (Å²) in [5.74, 6) is -0.836. The zero-order valence-electron chi connectivity index (χ0n) is 10.2. The average Bonchev–Trinajstić information content (AvgIpc) is 2.18. The molecule has 0 saturated heterocycles. The van der Waals surface area contributed by atoms with Crippen LogP contribution in [-0.4, -0.2) is 17.1 Å². The summed E-state index contributed by atoms with van der Waals surface area (Å²) >= 11 is 0. The van der Waals surface area contributed by atoms with Gasteiger partial charge < -0.3 is 5.11 Å². The van der Waals surface area contributed by atoms with Crippen molar-refractivity contribution in [2.24, 2.45) is 0 Å². The third-order valence-electron chi connectivity index (χ3n) is 2.61. The van der Waals surface area contributed by atoms with Gasteiger partial charge in [0.2, 0.25) is 0 Å². The molecular weight excluding hydrogens is 202 g/mol. The molecule has 1 rings (SSSR count). The quantitative estimate of drug-likeness (QED) is 0.821. The van der Waals surface area contributed by atoms with E-state index in [0.717, 1.165) is 11.1 Å². The normalized spacial score (nSPS) is 12.8. The average molecular weight is 221 g/mol. The second-order valence-corrected chi connectivity index (χ2v) is 4.44. The SMILES string of the molecule is Cc1ccc(C(NC(C)C)C(=O)O)cc1C. The van der Waals surface area contributed by atoms with E-state index < -0.39 is 12.0 Å².